The Balaban J connectivity index is 1.71. The van der Waals surface area contributed by atoms with E-state index < -0.39 is 10.0 Å². The Morgan fingerprint density at radius 2 is 1.62 bits per heavy atom. The fraction of sp³-hybridized carbons (Fsp3) is 0. The standard InChI is InChI=1S/C18H14ClN3O3S/c19-14-6-4-13(5-7-14)18(23)21-15-8-10-16(11-9-15)26(24,25)22-17-3-1-2-12-20-17/h1-12H,(H,20,22)(H,21,23). The quantitative estimate of drug-likeness (QED) is 0.697. The summed E-state index contributed by atoms with van der Waals surface area (Å²) in [5.41, 5.74) is 0.921. The van der Waals surface area contributed by atoms with Gasteiger partial charge in [-0.15, -0.1) is 0 Å². The first-order valence-electron chi connectivity index (χ1n) is 7.55. The number of hydrogen-bond donors (Lipinski definition) is 2. The predicted octanol–water partition coefficient (Wildman–Crippen LogP) is 3.79. The van der Waals surface area contributed by atoms with Crippen molar-refractivity contribution in [2.24, 2.45) is 0 Å². The Hall–Kier alpha value is -2.90. The van der Waals surface area contributed by atoms with Gasteiger partial charge in [0.1, 0.15) is 5.82 Å². The van der Waals surface area contributed by atoms with E-state index in [1.165, 1.54) is 30.5 Å². The highest BCUT2D eigenvalue weighted by Crippen LogP contribution is 2.18. The van der Waals surface area contributed by atoms with Crippen LogP contribution in [0.25, 0.3) is 0 Å². The first kappa shape index (κ1) is 17.9. The number of nitrogens with zero attached hydrogens (tertiary/aromatic N) is 1. The molecule has 26 heavy (non-hydrogen) atoms. The molecule has 8 heteroatoms. The molecule has 132 valence electrons. The van der Waals surface area contributed by atoms with Crippen LogP contribution >= 0.6 is 11.6 Å². The minimum absolute atomic E-state index is 0.0626. The minimum Gasteiger partial charge on any atom is -0.322 e. The van der Waals surface area contributed by atoms with Crippen molar-refractivity contribution in [2.75, 3.05) is 10.0 Å². The maximum Gasteiger partial charge on any atom is 0.263 e. The summed E-state index contributed by atoms with van der Waals surface area (Å²) >= 11 is 5.80. The number of rotatable bonds is 5. The minimum atomic E-state index is -3.76. The highest BCUT2D eigenvalue weighted by molar-refractivity contribution is 7.92. The van der Waals surface area contributed by atoms with Gasteiger partial charge in [-0.1, -0.05) is 17.7 Å². The number of carbonyl (C=O) groups excluding carboxylic acids is 1. The second-order valence-corrected chi connectivity index (χ2v) is 7.42. The summed E-state index contributed by atoms with van der Waals surface area (Å²) in [6.07, 6.45) is 1.49. The maximum absolute atomic E-state index is 12.3. The molecule has 0 aliphatic carbocycles. The average molecular weight is 388 g/mol. The van der Waals surface area contributed by atoms with Crippen molar-refractivity contribution in [1.29, 1.82) is 0 Å². The van der Waals surface area contributed by atoms with Crippen LogP contribution in [0, 0.1) is 0 Å². The van der Waals surface area contributed by atoms with E-state index in [0.29, 0.717) is 16.3 Å². The van der Waals surface area contributed by atoms with Crippen LogP contribution in [0.1, 0.15) is 10.4 Å². The molecule has 0 aliphatic heterocycles. The monoisotopic (exact) mass is 387 g/mol. The Bertz CT molecular complexity index is 1010. The van der Waals surface area contributed by atoms with Gasteiger partial charge in [0.2, 0.25) is 0 Å². The number of anilines is 2. The molecule has 2 N–H and O–H groups in total. The Kier molecular flexibility index (Phi) is 5.20. The third-order valence-electron chi connectivity index (χ3n) is 3.43. The molecule has 0 spiro atoms. The van der Waals surface area contributed by atoms with Crippen LogP contribution < -0.4 is 10.0 Å². The maximum atomic E-state index is 12.3. The SMILES string of the molecule is O=C(Nc1ccc(S(=O)(=O)Nc2ccccn2)cc1)c1ccc(Cl)cc1. The molecule has 0 bridgehead atoms. The predicted molar refractivity (Wildman–Crippen MR) is 101 cm³/mol. The first-order valence-corrected chi connectivity index (χ1v) is 9.41. The summed E-state index contributed by atoms with van der Waals surface area (Å²) in [5, 5.41) is 3.23. The van der Waals surface area contributed by atoms with Crippen LogP contribution in [0.15, 0.2) is 77.8 Å². The fourth-order valence-corrected chi connectivity index (χ4v) is 3.28. The molecule has 0 aliphatic rings. The lowest BCUT2D eigenvalue weighted by Crippen LogP contribution is -2.14. The van der Waals surface area contributed by atoms with E-state index in [1.807, 2.05) is 0 Å². The van der Waals surface area contributed by atoms with Gasteiger partial charge < -0.3 is 5.32 Å². The largest absolute Gasteiger partial charge is 0.322 e. The molecule has 6 nitrogen and oxygen atoms in total. The van der Waals surface area contributed by atoms with E-state index in [1.54, 1.807) is 42.5 Å². The number of pyridine rings is 1. The molecule has 0 saturated carbocycles. The zero-order valence-corrected chi connectivity index (χ0v) is 15.0. The van der Waals surface area contributed by atoms with Crippen molar-refractivity contribution in [3.8, 4) is 0 Å². The molecule has 0 radical (unpaired) electrons. The van der Waals surface area contributed by atoms with Crippen LogP contribution in [0.2, 0.25) is 5.02 Å². The molecule has 1 aromatic heterocycles. The molecular formula is C18H14ClN3O3S. The van der Waals surface area contributed by atoms with Crippen LogP contribution in [-0.4, -0.2) is 19.3 Å². The Morgan fingerprint density at radius 1 is 0.923 bits per heavy atom. The summed E-state index contributed by atoms with van der Waals surface area (Å²) in [4.78, 5) is 16.1. The van der Waals surface area contributed by atoms with Gasteiger partial charge in [0.15, 0.2) is 0 Å². The number of sulfonamides is 1. The number of nitrogens with one attached hydrogen (secondary N) is 2. The third kappa shape index (κ3) is 4.38. The van der Waals surface area contributed by atoms with Gasteiger partial charge in [0, 0.05) is 22.5 Å². The van der Waals surface area contributed by atoms with E-state index in [9.17, 15) is 13.2 Å². The van der Waals surface area contributed by atoms with Crippen LogP contribution in [0.3, 0.4) is 0 Å². The van der Waals surface area contributed by atoms with Crippen LogP contribution in [0.4, 0.5) is 11.5 Å². The summed E-state index contributed by atoms with van der Waals surface area (Å²) in [5.74, 6) is -0.0866. The molecule has 1 amide bonds. The smallest absolute Gasteiger partial charge is 0.263 e. The highest BCUT2D eigenvalue weighted by Gasteiger charge is 2.15. The molecule has 3 aromatic rings. The normalized spacial score (nSPS) is 11.0. The molecular weight excluding hydrogens is 374 g/mol. The van der Waals surface area contributed by atoms with Crippen molar-refractivity contribution in [1.82, 2.24) is 4.98 Å². The summed E-state index contributed by atoms with van der Waals surface area (Å²) < 4.78 is 27.1. The van der Waals surface area contributed by atoms with Crippen molar-refractivity contribution in [3.05, 3.63) is 83.5 Å². The molecule has 2 aromatic carbocycles. The third-order valence-corrected chi connectivity index (χ3v) is 5.06. The van der Waals surface area contributed by atoms with Crippen molar-refractivity contribution < 1.29 is 13.2 Å². The molecule has 1 heterocycles. The molecule has 3 rings (SSSR count). The van der Waals surface area contributed by atoms with Gasteiger partial charge in [-0.05, 0) is 60.7 Å². The molecule has 0 fully saturated rings. The van der Waals surface area contributed by atoms with Crippen molar-refractivity contribution >= 4 is 39.0 Å². The van der Waals surface area contributed by atoms with E-state index in [-0.39, 0.29) is 16.6 Å². The van der Waals surface area contributed by atoms with Crippen LogP contribution in [0.5, 0.6) is 0 Å². The number of amides is 1. The van der Waals surface area contributed by atoms with Gasteiger partial charge in [0.05, 0.1) is 4.90 Å². The van der Waals surface area contributed by atoms with Crippen LogP contribution in [-0.2, 0) is 10.0 Å². The lowest BCUT2D eigenvalue weighted by molar-refractivity contribution is 0.102. The Morgan fingerprint density at radius 3 is 2.23 bits per heavy atom. The van der Waals surface area contributed by atoms with Gasteiger partial charge in [-0.2, -0.15) is 0 Å². The van der Waals surface area contributed by atoms with Gasteiger partial charge in [-0.25, -0.2) is 13.4 Å². The van der Waals surface area contributed by atoms with Gasteiger partial charge in [-0.3, -0.25) is 9.52 Å². The number of hydrogen-bond acceptors (Lipinski definition) is 4. The highest BCUT2D eigenvalue weighted by atomic mass is 35.5. The lowest BCUT2D eigenvalue weighted by Gasteiger charge is -2.09. The van der Waals surface area contributed by atoms with E-state index in [0.717, 1.165) is 0 Å². The molecule has 0 unspecified atom stereocenters. The molecule has 0 atom stereocenters. The average Bonchev–Trinajstić information content (AvgIpc) is 2.63. The van der Waals surface area contributed by atoms with Crippen molar-refractivity contribution in [3.63, 3.8) is 0 Å². The van der Waals surface area contributed by atoms with E-state index in [2.05, 4.69) is 15.0 Å². The Labute approximate surface area is 155 Å². The fourth-order valence-electron chi connectivity index (χ4n) is 2.14. The summed E-state index contributed by atoms with van der Waals surface area (Å²) in [7, 11) is -3.76. The zero-order chi connectivity index (χ0) is 18.6. The number of benzene rings is 2. The second-order valence-electron chi connectivity index (χ2n) is 5.31. The number of halogens is 1. The number of carbonyl (C=O) groups is 1. The zero-order valence-electron chi connectivity index (χ0n) is 13.4. The van der Waals surface area contributed by atoms with E-state index in [4.69, 9.17) is 11.6 Å². The summed E-state index contributed by atoms with van der Waals surface area (Å²) in [6.45, 7) is 0. The van der Waals surface area contributed by atoms with Crippen molar-refractivity contribution in [2.45, 2.75) is 4.90 Å². The molecule has 0 saturated heterocycles. The second kappa shape index (κ2) is 7.55. The summed E-state index contributed by atoms with van der Waals surface area (Å²) in [6, 6.07) is 17.2. The van der Waals surface area contributed by atoms with E-state index >= 15 is 0 Å². The lowest BCUT2D eigenvalue weighted by atomic mass is 10.2. The first-order chi connectivity index (χ1) is 12.4. The van der Waals surface area contributed by atoms with Gasteiger partial charge >= 0.3 is 0 Å². The van der Waals surface area contributed by atoms with Gasteiger partial charge in [0.25, 0.3) is 15.9 Å². The number of aromatic nitrogens is 1. The topological polar surface area (TPSA) is 88.2 Å².